The van der Waals surface area contributed by atoms with Crippen molar-refractivity contribution in [1.29, 1.82) is 0 Å². The van der Waals surface area contributed by atoms with Crippen molar-refractivity contribution >= 4 is 24.0 Å². The number of nitrogens with zero attached hydrogens (tertiary/aromatic N) is 1. The van der Waals surface area contributed by atoms with Gasteiger partial charge in [0.05, 0.1) is 0 Å². The van der Waals surface area contributed by atoms with Crippen molar-refractivity contribution in [3.05, 3.63) is 59.1 Å². The zero-order valence-electron chi connectivity index (χ0n) is 15.4. The van der Waals surface area contributed by atoms with Gasteiger partial charge in [0.25, 0.3) is 0 Å². The van der Waals surface area contributed by atoms with Crippen molar-refractivity contribution in [2.24, 2.45) is 0 Å². The molecule has 0 aromatic heterocycles. The highest BCUT2D eigenvalue weighted by Crippen LogP contribution is 2.29. The Bertz CT molecular complexity index is 754. The minimum absolute atomic E-state index is 0.259. The predicted molar refractivity (Wildman–Crippen MR) is 104 cm³/mol. The maximum absolute atomic E-state index is 12.4. The van der Waals surface area contributed by atoms with Gasteiger partial charge in [0, 0.05) is 30.1 Å². The molecule has 2 rings (SSSR count). The van der Waals surface area contributed by atoms with Crippen LogP contribution in [0.5, 0.6) is 0 Å². The molecule has 0 bridgehead atoms. The van der Waals surface area contributed by atoms with Crippen LogP contribution < -0.4 is 0 Å². The number of carbonyl (C=O) groups excluding carboxylic acids is 2. The summed E-state index contributed by atoms with van der Waals surface area (Å²) in [5.74, 6) is 0. The van der Waals surface area contributed by atoms with E-state index in [1.807, 2.05) is 69.3 Å². The highest BCUT2D eigenvalue weighted by molar-refractivity contribution is 6.33. The number of amides is 1. The van der Waals surface area contributed by atoms with Crippen LogP contribution >= 0.6 is 11.6 Å². The molecule has 0 saturated heterocycles. The van der Waals surface area contributed by atoms with E-state index in [2.05, 4.69) is 0 Å². The fourth-order valence-corrected chi connectivity index (χ4v) is 2.81. The predicted octanol–water partition coefficient (Wildman–Crippen LogP) is 5.33. The van der Waals surface area contributed by atoms with Gasteiger partial charge in [-0.05, 0) is 38.0 Å². The molecule has 0 aliphatic heterocycles. The molecule has 0 spiro atoms. The number of carbonyl (C=O) groups is 2. The number of aldehydes is 1. The fourth-order valence-electron chi connectivity index (χ4n) is 2.50. The summed E-state index contributed by atoms with van der Waals surface area (Å²) in [6, 6.07) is 15.6. The van der Waals surface area contributed by atoms with E-state index < -0.39 is 11.7 Å². The maximum atomic E-state index is 12.4. The van der Waals surface area contributed by atoms with Gasteiger partial charge in [-0.1, -0.05) is 54.1 Å². The van der Waals surface area contributed by atoms with Crippen LogP contribution in [0.15, 0.2) is 48.5 Å². The number of hydrogen-bond donors (Lipinski definition) is 0. The Morgan fingerprint density at radius 2 is 1.85 bits per heavy atom. The van der Waals surface area contributed by atoms with Crippen LogP contribution in [0.1, 0.15) is 32.8 Å². The zero-order valence-corrected chi connectivity index (χ0v) is 16.1. The van der Waals surface area contributed by atoms with Crippen LogP contribution in [0.4, 0.5) is 4.79 Å². The van der Waals surface area contributed by atoms with Gasteiger partial charge < -0.3 is 14.4 Å². The lowest BCUT2D eigenvalue weighted by Gasteiger charge is -2.27. The summed E-state index contributed by atoms with van der Waals surface area (Å²) in [5.41, 5.74) is 2.26. The first-order chi connectivity index (χ1) is 12.3. The van der Waals surface area contributed by atoms with E-state index in [9.17, 15) is 9.59 Å². The molecule has 0 atom stereocenters. The van der Waals surface area contributed by atoms with Gasteiger partial charge in [0.15, 0.2) is 0 Å². The largest absolute Gasteiger partial charge is 0.444 e. The van der Waals surface area contributed by atoms with Crippen LogP contribution in [0.2, 0.25) is 5.02 Å². The summed E-state index contributed by atoms with van der Waals surface area (Å²) in [4.78, 5) is 24.6. The van der Waals surface area contributed by atoms with Gasteiger partial charge in [-0.3, -0.25) is 0 Å². The normalized spacial score (nSPS) is 11.1. The van der Waals surface area contributed by atoms with E-state index in [4.69, 9.17) is 16.3 Å². The summed E-state index contributed by atoms with van der Waals surface area (Å²) in [6.45, 7) is 6.07. The first-order valence-corrected chi connectivity index (χ1v) is 8.93. The average molecular weight is 374 g/mol. The molecule has 0 fully saturated rings. The topological polar surface area (TPSA) is 46.6 Å². The molecular weight excluding hydrogens is 350 g/mol. The fraction of sp³-hybridized carbons (Fsp3) is 0.333. The van der Waals surface area contributed by atoms with Crippen LogP contribution in [-0.4, -0.2) is 29.4 Å². The third-order valence-corrected chi connectivity index (χ3v) is 3.97. The average Bonchev–Trinajstić information content (AvgIpc) is 2.58. The molecule has 0 saturated carbocycles. The zero-order chi connectivity index (χ0) is 19.2. The molecule has 0 heterocycles. The van der Waals surface area contributed by atoms with Crippen molar-refractivity contribution in [3.63, 3.8) is 0 Å². The second kappa shape index (κ2) is 8.86. The van der Waals surface area contributed by atoms with Crippen molar-refractivity contribution in [2.45, 2.75) is 39.3 Å². The summed E-state index contributed by atoms with van der Waals surface area (Å²) in [5, 5.41) is 0.619. The Morgan fingerprint density at radius 3 is 2.42 bits per heavy atom. The van der Waals surface area contributed by atoms with Gasteiger partial charge in [-0.25, -0.2) is 4.79 Å². The lowest BCUT2D eigenvalue weighted by Crippen LogP contribution is -2.37. The first kappa shape index (κ1) is 20.0. The van der Waals surface area contributed by atoms with Gasteiger partial charge in [-0.15, -0.1) is 0 Å². The van der Waals surface area contributed by atoms with Crippen LogP contribution in [-0.2, 0) is 16.1 Å². The first-order valence-electron chi connectivity index (χ1n) is 8.55. The molecule has 1 amide bonds. The highest BCUT2D eigenvalue weighted by atomic mass is 35.5. The standard InChI is InChI=1S/C21H24ClNO3/c1-21(2,3)26-20(25)23(12-7-13-24)15-16-10-11-18(19(22)14-16)17-8-5-4-6-9-17/h4-6,8-11,13-14H,7,12,15H2,1-3H3. The second-order valence-electron chi connectivity index (χ2n) is 7.04. The molecule has 0 radical (unpaired) electrons. The smallest absolute Gasteiger partial charge is 0.410 e. The summed E-state index contributed by atoms with van der Waals surface area (Å²) < 4.78 is 5.43. The molecule has 0 unspecified atom stereocenters. The van der Waals surface area contributed by atoms with Crippen molar-refractivity contribution in [3.8, 4) is 11.1 Å². The minimum atomic E-state index is -0.592. The Morgan fingerprint density at radius 1 is 1.15 bits per heavy atom. The van der Waals surface area contributed by atoms with Gasteiger partial charge in [0.1, 0.15) is 11.9 Å². The SMILES string of the molecule is CC(C)(C)OC(=O)N(CCC=O)Cc1ccc(-c2ccccc2)c(Cl)c1. The number of benzene rings is 2. The van der Waals surface area contributed by atoms with Crippen molar-refractivity contribution in [2.75, 3.05) is 6.54 Å². The van der Waals surface area contributed by atoms with Gasteiger partial charge in [0.2, 0.25) is 0 Å². The second-order valence-corrected chi connectivity index (χ2v) is 7.44. The van der Waals surface area contributed by atoms with E-state index in [0.29, 0.717) is 18.1 Å². The van der Waals surface area contributed by atoms with E-state index in [1.54, 1.807) is 0 Å². The summed E-state index contributed by atoms with van der Waals surface area (Å²) in [6.07, 6.45) is 0.611. The molecule has 5 heteroatoms. The Hall–Kier alpha value is -2.33. The van der Waals surface area contributed by atoms with Crippen molar-refractivity contribution < 1.29 is 14.3 Å². The van der Waals surface area contributed by atoms with E-state index in [1.165, 1.54) is 4.90 Å². The molecule has 2 aromatic carbocycles. The molecule has 138 valence electrons. The number of halogens is 1. The number of rotatable bonds is 6. The number of hydrogen-bond acceptors (Lipinski definition) is 3. The molecule has 26 heavy (non-hydrogen) atoms. The molecule has 0 N–H and O–H groups in total. The van der Waals surface area contributed by atoms with Crippen molar-refractivity contribution in [1.82, 2.24) is 4.90 Å². The summed E-state index contributed by atoms with van der Waals surface area (Å²) >= 11 is 6.45. The Balaban J connectivity index is 2.18. The Kier molecular flexibility index (Phi) is 6.81. The van der Waals surface area contributed by atoms with E-state index in [0.717, 1.165) is 23.0 Å². The summed E-state index contributed by atoms with van der Waals surface area (Å²) in [7, 11) is 0. The molecule has 0 aliphatic rings. The molecule has 4 nitrogen and oxygen atoms in total. The lowest BCUT2D eigenvalue weighted by atomic mass is 10.0. The number of ether oxygens (including phenoxy) is 1. The molecular formula is C21H24ClNO3. The van der Waals surface area contributed by atoms with Crippen LogP contribution in [0.3, 0.4) is 0 Å². The minimum Gasteiger partial charge on any atom is -0.444 e. The van der Waals surface area contributed by atoms with Gasteiger partial charge in [-0.2, -0.15) is 0 Å². The lowest BCUT2D eigenvalue weighted by molar-refractivity contribution is -0.108. The molecule has 0 aliphatic carbocycles. The monoisotopic (exact) mass is 373 g/mol. The molecule has 2 aromatic rings. The maximum Gasteiger partial charge on any atom is 0.410 e. The van der Waals surface area contributed by atoms with Crippen LogP contribution in [0, 0.1) is 0 Å². The van der Waals surface area contributed by atoms with E-state index >= 15 is 0 Å². The van der Waals surface area contributed by atoms with Crippen LogP contribution in [0.25, 0.3) is 11.1 Å². The van der Waals surface area contributed by atoms with E-state index in [-0.39, 0.29) is 6.42 Å². The highest BCUT2D eigenvalue weighted by Gasteiger charge is 2.22. The quantitative estimate of drug-likeness (QED) is 0.642. The third kappa shape index (κ3) is 5.88. The van der Waals surface area contributed by atoms with Gasteiger partial charge >= 0.3 is 6.09 Å². The Labute approximate surface area is 159 Å². The third-order valence-electron chi connectivity index (χ3n) is 3.66.